The summed E-state index contributed by atoms with van der Waals surface area (Å²) in [5.41, 5.74) is 0. The maximum Gasteiger partial charge on any atom is 0.239 e. The van der Waals surface area contributed by atoms with Crippen molar-refractivity contribution >= 4 is 5.91 Å². The van der Waals surface area contributed by atoms with Gasteiger partial charge >= 0.3 is 0 Å². The molecule has 0 radical (unpaired) electrons. The third-order valence-corrected chi connectivity index (χ3v) is 3.71. The van der Waals surface area contributed by atoms with Crippen LogP contribution in [0.3, 0.4) is 0 Å². The van der Waals surface area contributed by atoms with E-state index >= 15 is 0 Å². The molecule has 1 amide bonds. The number of hydrogen-bond acceptors (Lipinski definition) is 4. The van der Waals surface area contributed by atoms with Gasteiger partial charge in [-0.05, 0) is 25.8 Å². The molecule has 5 heteroatoms. The topological polar surface area (TPSA) is 53.6 Å². The first-order chi connectivity index (χ1) is 8.81. The third-order valence-electron chi connectivity index (χ3n) is 3.71. The van der Waals surface area contributed by atoms with Gasteiger partial charge in [-0.2, -0.15) is 0 Å². The van der Waals surface area contributed by atoms with Gasteiger partial charge in [0.05, 0.1) is 13.2 Å². The number of rotatable bonds is 5. The zero-order chi connectivity index (χ0) is 12.8. The van der Waals surface area contributed by atoms with Gasteiger partial charge in [0.15, 0.2) is 0 Å². The molecule has 0 saturated carbocycles. The monoisotopic (exact) mass is 255 g/mol. The zero-order valence-electron chi connectivity index (χ0n) is 11.3. The van der Waals surface area contributed by atoms with E-state index in [1.54, 1.807) is 0 Å². The minimum atomic E-state index is -0.104. The summed E-state index contributed by atoms with van der Waals surface area (Å²) in [6, 6.07) is 0.442. The van der Waals surface area contributed by atoms with Gasteiger partial charge in [-0.25, -0.2) is 0 Å². The molecule has 2 saturated heterocycles. The van der Waals surface area contributed by atoms with Crippen LogP contribution in [0.25, 0.3) is 0 Å². The normalized spacial score (nSPS) is 29.4. The van der Waals surface area contributed by atoms with Gasteiger partial charge in [0.2, 0.25) is 5.91 Å². The molecular formula is C13H25N3O2. The molecule has 0 spiro atoms. The lowest BCUT2D eigenvalue weighted by molar-refractivity contribution is -0.132. The Morgan fingerprint density at radius 2 is 2.44 bits per heavy atom. The fraction of sp³-hybridized carbons (Fsp3) is 0.923. The standard InChI is InChI=1S/C13H25N3O2/c1-2-5-15-13(17)12-10-18-8-7-16(12)9-11-4-3-6-14-11/h11-12,14H,2-10H2,1H3,(H,15,17)/t11-,12?/m0/s1. The van der Waals surface area contributed by atoms with Gasteiger partial charge in [-0.15, -0.1) is 0 Å². The molecule has 0 aromatic carbocycles. The van der Waals surface area contributed by atoms with Crippen molar-refractivity contribution in [2.75, 3.05) is 39.4 Å². The number of carbonyl (C=O) groups excluding carboxylic acids is 1. The van der Waals surface area contributed by atoms with Crippen molar-refractivity contribution in [3.63, 3.8) is 0 Å². The Morgan fingerprint density at radius 3 is 3.17 bits per heavy atom. The van der Waals surface area contributed by atoms with Crippen molar-refractivity contribution in [2.24, 2.45) is 0 Å². The van der Waals surface area contributed by atoms with E-state index in [4.69, 9.17) is 4.74 Å². The summed E-state index contributed by atoms with van der Waals surface area (Å²) in [5, 5.41) is 6.47. The van der Waals surface area contributed by atoms with Crippen LogP contribution in [0.4, 0.5) is 0 Å². The third kappa shape index (κ3) is 3.67. The van der Waals surface area contributed by atoms with Crippen molar-refractivity contribution in [2.45, 2.75) is 38.3 Å². The van der Waals surface area contributed by atoms with Crippen LogP contribution in [0.15, 0.2) is 0 Å². The van der Waals surface area contributed by atoms with Crippen LogP contribution >= 0.6 is 0 Å². The number of nitrogens with zero attached hydrogens (tertiary/aromatic N) is 1. The minimum absolute atomic E-state index is 0.104. The molecule has 2 rings (SSSR count). The first-order valence-electron chi connectivity index (χ1n) is 7.14. The Morgan fingerprint density at radius 1 is 1.56 bits per heavy atom. The zero-order valence-corrected chi connectivity index (χ0v) is 11.3. The smallest absolute Gasteiger partial charge is 0.239 e. The summed E-state index contributed by atoms with van der Waals surface area (Å²) in [6.07, 6.45) is 3.45. The highest BCUT2D eigenvalue weighted by atomic mass is 16.5. The molecule has 0 aromatic rings. The second-order valence-corrected chi connectivity index (χ2v) is 5.17. The SMILES string of the molecule is CCCNC(=O)C1COCCN1C[C@@H]1CCCN1. The average molecular weight is 255 g/mol. The van der Waals surface area contributed by atoms with Crippen molar-refractivity contribution < 1.29 is 9.53 Å². The van der Waals surface area contributed by atoms with Gasteiger partial charge in [0.25, 0.3) is 0 Å². The van der Waals surface area contributed by atoms with E-state index in [2.05, 4.69) is 22.5 Å². The van der Waals surface area contributed by atoms with Gasteiger partial charge in [0, 0.05) is 25.7 Å². The van der Waals surface area contributed by atoms with Crippen LogP contribution in [0, 0.1) is 0 Å². The number of ether oxygens (including phenoxy) is 1. The second-order valence-electron chi connectivity index (χ2n) is 5.17. The van der Waals surface area contributed by atoms with E-state index in [1.165, 1.54) is 12.8 Å². The molecule has 2 fully saturated rings. The predicted molar refractivity (Wildman–Crippen MR) is 70.5 cm³/mol. The first kappa shape index (κ1) is 13.8. The van der Waals surface area contributed by atoms with E-state index in [-0.39, 0.29) is 11.9 Å². The number of hydrogen-bond donors (Lipinski definition) is 2. The average Bonchev–Trinajstić information content (AvgIpc) is 2.89. The molecular weight excluding hydrogens is 230 g/mol. The molecule has 2 aliphatic heterocycles. The molecule has 0 bridgehead atoms. The molecule has 5 nitrogen and oxygen atoms in total. The maximum absolute atomic E-state index is 12.1. The lowest BCUT2D eigenvalue weighted by Gasteiger charge is -2.36. The van der Waals surface area contributed by atoms with Crippen LogP contribution in [0.2, 0.25) is 0 Å². The summed E-state index contributed by atoms with van der Waals surface area (Å²) >= 11 is 0. The Labute approximate surface area is 109 Å². The van der Waals surface area contributed by atoms with Gasteiger partial charge in [0.1, 0.15) is 6.04 Å². The molecule has 2 atom stereocenters. The van der Waals surface area contributed by atoms with E-state index in [9.17, 15) is 4.79 Å². The van der Waals surface area contributed by atoms with Crippen molar-refractivity contribution in [3.05, 3.63) is 0 Å². The molecule has 2 N–H and O–H groups in total. The lowest BCUT2D eigenvalue weighted by Crippen LogP contribution is -2.56. The van der Waals surface area contributed by atoms with Crippen LogP contribution in [-0.4, -0.2) is 62.3 Å². The van der Waals surface area contributed by atoms with E-state index in [0.717, 1.165) is 39.2 Å². The summed E-state index contributed by atoms with van der Waals surface area (Å²) in [4.78, 5) is 14.4. The first-order valence-corrected chi connectivity index (χ1v) is 7.14. The Kier molecular flexibility index (Phi) is 5.41. The largest absolute Gasteiger partial charge is 0.378 e. The quantitative estimate of drug-likeness (QED) is 0.724. The van der Waals surface area contributed by atoms with Gasteiger partial charge in [-0.3, -0.25) is 9.69 Å². The molecule has 104 valence electrons. The minimum Gasteiger partial charge on any atom is -0.378 e. The van der Waals surface area contributed by atoms with Gasteiger partial charge in [-0.1, -0.05) is 6.92 Å². The van der Waals surface area contributed by atoms with Crippen molar-refractivity contribution in [1.82, 2.24) is 15.5 Å². The molecule has 2 heterocycles. The highest BCUT2D eigenvalue weighted by molar-refractivity contribution is 5.82. The summed E-state index contributed by atoms with van der Waals surface area (Å²) in [7, 11) is 0. The van der Waals surface area contributed by atoms with Crippen molar-refractivity contribution in [3.8, 4) is 0 Å². The number of carbonyl (C=O) groups is 1. The number of morpholine rings is 1. The number of nitrogens with one attached hydrogen (secondary N) is 2. The molecule has 2 aliphatic rings. The summed E-state index contributed by atoms with van der Waals surface area (Å²) in [6.45, 7) is 7.03. The second kappa shape index (κ2) is 7.07. The van der Waals surface area contributed by atoms with E-state index < -0.39 is 0 Å². The fourth-order valence-corrected chi connectivity index (χ4v) is 2.66. The van der Waals surface area contributed by atoms with Gasteiger partial charge < -0.3 is 15.4 Å². The fourth-order valence-electron chi connectivity index (χ4n) is 2.66. The Balaban J connectivity index is 1.85. The Hall–Kier alpha value is -0.650. The van der Waals surface area contributed by atoms with Crippen LogP contribution in [-0.2, 0) is 9.53 Å². The maximum atomic E-state index is 12.1. The summed E-state index contributed by atoms with van der Waals surface area (Å²) < 4.78 is 5.46. The highest BCUT2D eigenvalue weighted by Gasteiger charge is 2.31. The number of amides is 1. The van der Waals surface area contributed by atoms with Crippen LogP contribution in [0.1, 0.15) is 26.2 Å². The Bertz CT molecular complexity index is 267. The van der Waals surface area contributed by atoms with Crippen molar-refractivity contribution in [1.29, 1.82) is 0 Å². The lowest BCUT2D eigenvalue weighted by atomic mass is 10.1. The molecule has 0 aromatic heterocycles. The predicted octanol–water partition coefficient (Wildman–Crippen LogP) is -0.0346. The summed E-state index contributed by atoms with van der Waals surface area (Å²) in [5.74, 6) is 0.120. The van der Waals surface area contributed by atoms with E-state index in [1.807, 2.05) is 0 Å². The molecule has 0 aliphatic carbocycles. The molecule has 18 heavy (non-hydrogen) atoms. The van der Waals surface area contributed by atoms with E-state index in [0.29, 0.717) is 12.6 Å². The molecule has 1 unspecified atom stereocenters. The van der Waals surface area contributed by atoms with Crippen LogP contribution in [0.5, 0.6) is 0 Å². The highest BCUT2D eigenvalue weighted by Crippen LogP contribution is 2.12. The van der Waals surface area contributed by atoms with Crippen LogP contribution < -0.4 is 10.6 Å².